The minimum atomic E-state index is -3.11. The molecule has 0 aromatic heterocycles. The minimum Gasteiger partial charge on any atom is -0.353 e. The van der Waals surface area contributed by atoms with E-state index in [2.05, 4.69) is 16.1 Å². The molecule has 5 fully saturated rings. The average Bonchev–Trinajstić information content (AvgIpc) is 3.54. The van der Waals surface area contributed by atoms with Gasteiger partial charge in [0.05, 0.1) is 12.5 Å². The summed E-state index contributed by atoms with van der Waals surface area (Å²) in [6.45, 7) is 5.01. The van der Waals surface area contributed by atoms with Crippen molar-refractivity contribution in [3.8, 4) is 0 Å². The van der Waals surface area contributed by atoms with E-state index in [1.54, 1.807) is 20.8 Å². The van der Waals surface area contributed by atoms with Crippen LogP contribution in [0.2, 0.25) is 0 Å². The van der Waals surface area contributed by atoms with Crippen molar-refractivity contribution >= 4 is 41.1 Å². The summed E-state index contributed by atoms with van der Waals surface area (Å²) in [4.78, 5) is 66.5. The monoisotopic (exact) mass is 589 g/mol. The molecule has 0 spiro atoms. The summed E-state index contributed by atoms with van der Waals surface area (Å²) in [7, 11) is 0. The van der Waals surface area contributed by atoms with Crippen LogP contribution in [0.3, 0.4) is 0 Å². The number of hydrogen-bond donors (Lipinski definition) is 3. The molecule has 5 aliphatic rings. The van der Waals surface area contributed by atoms with E-state index in [0.29, 0.717) is 6.42 Å². The van der Waals surface area contributed by atoms with Gasteiger partial charge in [-0.2, -0.15) is 0 Å². The van der Waals surface area contributed by atoms with Crippen LogP contribution in [0.4, 0.5) is 13.2 Å². The first-order valence-corrected chi connectivity index (χ1v) is 14.2. The van der Waals surface area contributed by atoms with Gasteiger partial charge in [-0.25, -0.2) is 18.2 Å². The molecule has 14 heteroatoms. The second-order valence-corrected chi connectivity index (χ2v) is 13.3. The van der Waals surface area contributed by atoms with Crippen LogP contribution < -0.4 is 16.1 Å². The molecule has 0 aromatic rings. The van der Waals surface area contributed by atoms with Crippen LogP contribution >= 0.6 is 11.6 Å². The quantitative estimate of drug-likeness (QED) is 0.305. The average molecular weight is 590 g/mol. The zero-order valence-electron chi connectivity index (χ0n) is 22.6. The van der Waals surface area contributed by atoms with E-state index in [9.17, 15) is 37.1 Å². The van der Waals surface area contributed by atoms with E-state index in [-0.39, 0.29) is 42.8 Å². The summed E-state index contributed by atoms with van der Waals surface area (Å²) in [5, 5.41) is 6.01. The Morgan fingerprint density at radius 3 is 2.40 bits per heavy atom. The van der Waals surface area contributed by atoms with Crippen LogP contribution in [0.25, 0.3) is 0 Å². The van der Waals surface area contributed by atoms with Gasteiger partial charge in [-0.1, -0.05) is 38.8 Å². The molecule has 2 saturated heterocycles. The number of hydrazine groups is 1. The van der Waals surface area contributed by atoms with Crippen molar-refractivity contribution in [3.63, 3.8) is 0 Å². The minimum absolute atomic E-state index is 0.00431. The largest absolute Gasteiger partial charge is 0.353 e. The zero-order valence-corrected chi connectivity index (χ0v) is 23.3. The fourth-order valence-electron chi connectivity index (χ4n) is 6.66. The number of carbonyl (C=O) groups is 5. The lowest BCUT2D eigenvalue weighted by molar-refractivity contribution is -0.151. The van der Waals surface area contributed by atoms with Gasteiger partial charge < -0.3 is 15.5 Å². The number of rotatable bonds is 7. The third kappa shape index (κ3) is 5.37. The normalized spacial score (nSPS) is 34.7. The predicted molar refractivity (Wildman–Crippen MR) is 135 cm³/mol. The Bertz CT molecular complexity index is 1120. The molecule has 3 N–H and O–H groups in total. The van der Waals surface area contributed by atoms with Crippen LogP contribution in [0.1, 0.15) is 52.9 Å². The molecular formula is C26H35ClF3N5O5. The van der Waals surface area contributed by atoms with Crippen LogP contribution in [-0.2, 0) is 24.0 Å². The van der Waals surface area contributed by atoms with Crippen molar-refractivity contribution in [2.75, 3.05) is 13.1 Å². The maximum atomic E-state index is 13.9. The molecule has 0 aromatic carbocycles. The zero-order chi connectivity index (χ0) is 29.3. The number of halogens is 4. The molecule has 9 atom stereocenters. The molecule has 222 valence electrons. The number of likely N-dealkylation sites (tertiary alicyclic amines) is 1. The van der Waals surface area contributed by atoms with Crippen LogP contribution in [-0.4, -0.2) is 82.2 Å². The van der Waals surface area contributed by atoms with Gasteiger partial charge in [0, 0.05) is 19.0 Å². The summed E-state index contributed by atoms with van der Waals surface area (Å²) >= 11 is 5.43. The molecule has 0 radical (unpaired) electrons. The van der Waals surface area contributed by atoms with Gasteiger partial charge in [0.15, 0.2) is 0 Å². The summed E-state index contributed by atoms with van der Waals surface area (Å²) < 4.78 is 41.0. The maximum absolute atomic E-state index is 13.9. The van der Waals surface area contributed by atoms with Crippen molar-refractivity contribution in [1.82, 2.24) is 26.0 Å². The summed E-state index contributed by atoms with van der Waals surface area (Å²) in [6.07, 6.45) is 2.38. The smallest absolute Gasteiger partial charge is 0.291 e. The number of nitrogens with zero attached hydrogens (tertiary/aromatic N) is 2. The summed E-state index contributed by atoms with van der Waals surface area (Å²) in [5.41, 5.74) is -0.882. The third-order valence-corrected chi connectivity index (χ3v) is 9.27. The first kappa shape index (κ1) is 28.9. The molecule has 0 bridgehead atoms. The van der Waals surface area contributed by atoms with Crippen LogP contribution in [0.5, 0.6) is 0 Å². The van der Waals surface area contributed by atoms with Crippen molar-refractivity contribution < 1.29 is 37.1 Å². The van der Waals surface area contributed by atoms with Gasteiger partial charge in [0.25, 0.3) is 23.4 Å². The molecule has 3 saturated carbocycles. The highest BCUT2D eigenvalue weighted by Crippen LogP contribution is 2.49. The fraction of sp³-hybridized carbons (Fsp3) is 0.808. The van der Waals surface area contributed by atoms with E-state index >= 15 is 0 Å². The van der Waals surface area contributed by atoms with Gasteiger partial charge in [-0.05, 0) is 42.4 Å². The first-order chi connectivity index (χ1) is 18.6. The Hall–Kier alpha value is -2.57. The lowest BCUT2D eigenvalue weighted by Crippen LogP contribution is -2.61. The number of carbonyl (C=O) groups excluding carboxylic acids is 5. The number of alkyl halides is 4. The lowest BCUT2D eigenvalue weighted by Gasteiger charge is -2.37. The molecule has 10 nitrogen and oxygen atoms in total. The fourth-order valence-corrected chi connectivity index (χ4v) is 6.77. The Kier molecular flexibility index (Phi) is 7.28. The molecule has 5 rings (SSSR count). The van der Waals surface area contributed by atoms with Gasteiger partial charge >= 0.3 is 0 Å². The second kappa shape index (κ2) is 10.1. The Morgan fingerprint density at radius 2 is 1.85 bits per heavy atom. The molecule has 2 aliphatic heterocycles. The van der Waals surface area contributed by atoms with E-state index < -0.39 is 70.9 Å². The van der Waals surface area contributed by atoms with Crippen molar-refractivity contribution in [2.45, 2.75) is 82.6 Å². The Morgan fingerprint density at radius 1 is 1.18 bits per heavy atom. The number of amides is 5. The molecule has 0 unspecified atom stereocenters. The van der Waals surface area contributed by atoms with E-state index in [1.807, 2.05) is 0 Å². The van der Waals surface area contributed by atoms with Crippen LogP contribution in [0, 0.1) is 35.0 Å². The second-order valence-electron chi connectivity index (χ2n) is 13.0. The topological polar surface area (TPSA) is 128 Å². The Labute approximate surface area is 235 Å². The molecular weight excluding hydrogens is 555 g/mol. The summed E-state index contributed by atoms with van der Waals surface area (Å²) in [6, 6.07) is -2.22. The SMILES string of the molecule is CC(C)(C)[C@H](NC(=O)[C@@H]1CC1(F)F)C(=O)N1C[C@@H]2CCC[C@@H]2[C@H]1C(=O)NN(C[C@@H]1C(=O)N[C@@H]2C[C@H]12)C(=O)[C@H](F)Cl. The highest BCUT2D eigenvalue weighted by atomic mass is 35.5. The first-order valence-electron chi connectivity index (χ1n) is 13.8. The highest BCUT2D eigenvalue weighted by Gasteiger charge is 2.62. The number of piperidine rings is 1. The Balaban J connectivity index is 1.36. The number of nitrogens with one attached hydrogen (secondary N) is 3. The van der Waals surface area contributed by atoms with Crippen molar-refractivity contribution in [2.24, 2.45) is 35.0 Å². The van der Waals surface area contributed by atoms with Gasteiger partial charge in [0.2, 0.25) is 17.7 Å². The van der Waals surface area contributed by atoms with Crippen LogP contribution in [0.15, 0.2) is 0 Å². The molecule has 40 heavy (non-hydrogen) atoms. The van der Waals surface area contributed by atoms with E-state index in [4.69, 9.17) is 11.6 Å². The van der Waals surface area contributed by atoms with Gasteiger partial charge in [-0.3, -0.25) is 29.4 Å². The predicted octanol–water partition coefficient (Wildman–Crippen LogP) is 1.33. The maximum Gasteiger partial charge on any atom is 0.291 e. The van der Waals surface area contributed by atoms with Crippen molar-refractivity contribution in [1.29, 1.82) is 0 Å². The number of fused-ring (bicyclic) bond motifs is 2. The molecule has 3 aliphatic carbocycles. The lowest BCUT2D eigenvalue weighted by atomic mass is 9.85. The van der Waals surface area contributed by atoms with Crippen molar-refractivity contribution in [3.05, 3.63) is 0 Å². The van der Waals surface area contributed by atoms with Gasteiger partial charge in [0.1, 0.15) is 18.0 Å². The number of hydrogen-bond acceptors (Lipinski definition) is 5. The van der Waals surface area contributed by atoms with Gasteiger partial charge in [-0.15, -0.1) is 0 Å². The summed E-state index contributed by atoms with van der Waals surface area (Å²) in [5.74, 6) is -9.27. The molecule has 5 amide bonds. The standard InChI is InChI=1S/C26H35ClF3N5O5/c1-25(2,3)18(32-21(37)15-8-26(15,29)30)23(39)34-9-11-5-4-6-12(11)17(34)22(38)33-35(24(40)19(27)28)10-14-13-7-16(13)31-20(14)36/h11-19H,4-10H2,1-3H3,(H,31,36)(H,32,37)(H,33,38)/t11-,12-,13+,14-,15-,16+,17-,18+,19-/m0/s1. The highest BCUT2D eigenvalue weighted by molar-refractivity contribution is 6.29. The molecule has 2 heterocycles. The third-order valence-electron chi connectivity index (χ3n) is 9.08. The van der Waals surface area contributed by atoms with E-state index in [0.717, 1.165) is 24.3 Å². The van der Waals surface area contributed by atoms with E-state index in [1.165, 1.54) is 4.90 Å².